The number of benzene rings is 1. The maximum Gasteiger partial charge on any atom is 0.422 e. The van der Waals surface area contributed by atoms with Gasteiger partial charge < -0.3 is 9.47 Å². The molecule has 0 spiro atoms. The summed E-state index contributed by atoms with van der Waals surface area (Å²) in [5.41, 5.74) is 0.803. The summed E-state index contributed by atoms with van der Waals surface area (Å²) in [6.45, 7) is 6.56. The minimum Gasteiger partial charge on any atom is -0.484 e. The number of ether oxygens (including phenoxy) is 2. The highest BCUT2D eigenvalue weighted by Gasteiger charge is 2.28. The van der Waals surface area contributed by atoms with Crippen LogP contribution in [0.4, 0.5) is 13.2 Å². The summed E-state index contributed by atoms with van der Waals surface area (Å²) >= 11 is 0. The van der Waals surface area contributed by atoms with Crippen molar-refractivity contribution in [2.45, 2.75) is 38.6 Å². The third-order valence-electron chi connectivity index (χ3n) is 3.23. The van der Waals surface area contributed by atoms with Gasteiger partial charge in [-0.3, -0.25) is 0 Å². The molecule has 0 saturated heterocycles. The van der Waals surface area contributed by atoms with Crippen molar-refractivity contribution in [3.05, 3.63) is 24.4 Å². The lowest BCUT2D eigenvalue weighted by Gasteiger charge is -2.15. The van der Waals surface area contributed by atoms with Gasteiger partial charge >= 0.3 is 6.18 Å². The van der Waals surface area contributed by atoms with Crippen molar-refractivity contribution in [3.63, 3.8) is 0 Å². The third-order valence-corrected chi connectivity index (χ3v) is 4.93. The molecule has 0 saturated carbocycles. The van der Waals surface area contributed by atoms with Crippen LogP contribution >= 0.6 is 0 Å². The highest BCUT2D eigenvalue weighted by atomic mass is 28.3. The van der Waals surface area contributed by atoms with E-state index in [4.69, 9.17) is 9.47 Å². The molecule has 4 nitrogen and oxygen atoms in total. The average molecular weight is 346 g/mol. The fourth-order valence-electron chi connectivity index (χ4n) is 1.95. The number of halogens is 3. The predicted octanol–water partition coefficient (Wildman–Crippen LogP) is 4.29. The quantitative estimate of drug-likeness (QED) is 0.554. The first kappa shape index (κ1) is 17.8. The summed E-state index contributed by atoms with van der Waals surface area (Å²) in [5.74, 6) is 0.175. The van der Waals surface area contributed by atoms with Crippen LogP contribution in [0.1, 0.15) is 0 Å². The number of aromatic nitrogens is 2. The monoisotopic (exact) mass is 346 g/mol. The van der Waals surface area contributed by atoms with Crippen LogP contribution in [-0.4, -0.2) is 37.2 Å². The van der Waals surface area contributed by atoms with E-state index in [1.54, 1.807) is 23.0 Å². The summed E-state index contributed by atoms with van der Waals surface area (Å²) in [5, 5.41) is 4.93. The molecule has 0 aliphatic rings. The molecule has 0 amide bonds. The number of nitrogens with zero attached hydrogens (tertiary/aromatic N) is 2. The molecular weight excluding hydrogens is 325 g/mol. The Morgan fingerprint density at radius 1 is 1.22 bits per heavy atom. The predicted molar refractivity (Wildman–Crippen MR) is 85.4 cm³/mol. The molecule has 0 unspecified atom stereocenters. The van der Waals surface area contributed by atoms with Crippen LogP contribution in [-0.2, 0) is 11.5 Å². The fourth-order valence-corrected chi connectivity index (χ4v) is 2.71. The Morgan fingerprint density at radius 2 is 1.96 bits per heavy atom. The first-order valence-corrected chi connectivity index (χ1v) is 11.1. The first-order valence-electron chi connectivity index (χ1n) is 7.37. The van der Waals surface area contributed by atoms with Gasteiger partial charge in [0, 0.05) is 20.1 Å². The van der Waals surface area contributed by atoms with Crippen LogP contribution in [0.5, 0.6) is 5.75 Å². The van der Waals surface area contributed by atoms with Gasteiger partial charge in [-0.2, -0.15) is 18.3 Å². The molecule has 2 rings (SSSR count). The summed E-state index contributed by atoms with van der Waals surface area (Å²) in [7, 11) is -1.13. The van der Waals surface area contributed by atoms with E-state index in [1.807, 2.05) is 0 Å². The lowest BCUT2D eigenvalue weighted by Crippen LogP contribution is -2.22. The lowest BCUT2D eigenvalue weighted by atomic mass is 10.2. The van der Waals surface area contributed by atoms with Gasteiger partial charge in [-0.05, 0) is 24.2 Å². The van der Waals surface area contributed by atoms with Gasteiger partial charge in [-0.1, -0.05) is 19.6 Å². The van der Waals surface area contributed by atoms with Crippen molar-refractivity contribution in [2.24, 2.45) is 0 Å². The van der Waals surface area contributed by atoms with Gasteiger partial charge in [0.05, 0.1) is 11.7 Å². The van der Waals surface area contributed by atoms with Gasteiger partial charge in [0.2, 0.25) is 0 Å². The number of rotatable bonds is 7. The number of hydrogen-bond donors (Lipinski definition) is 0. The van der Waals surface area contributed by atoms with Crippen LogP contribution in [0.3, 0.4) is 0 Å². The molecule has 0 radical (unpaired) electrons. The molecule has 1 aromatic heterocycles. The largest absolute Gasteiger partial charge is 0.484 e. The topological polar surface area (TPSA) is 36.3 Å². The molecule has 0 bridgehead atoms. The van der Waals surface area contributed by atoms with Crippen molar-refractivity contribution in [1.82, 2.24) is 9.78 Å². The molecule has 1 heterocycles. The summed E-state index contributed by atoms with van der Waals surface area (Å²) in [6, 6.07) is 5.82. The Hall–Kier alpha value is -1.54. The zero-order valence-electron chi connectivity index (χ0n) is 13.5. The first-order chi connectivity index (χ1) is 10.6. The van der Waals surface area contributed by atoms with E-state index in [0.717, 1.165) is 16.9 Å². The fraction of sp³-hybridized carbons (Fsp3) is 0.533. The van der Waals surface area contributed by atoms with E-state index >= 15 is 0 Å². The van der Waals surface area contributed by atoms with Gasteiger partial charge in [-0.15, -0.1) is 0 Å². The van der Waals surface area contributed by atoms with Crippen LogP contribution in [0.25, 0.3) is 10.9 Å². The number of hydrogen-bond acceptors (Lipinski definition) is 3. The van der Waals surface area contributed by atoms with Crippen molar-refractivity contribution in [2.75, 3.05) is 13.2 Å². The van der Waals surface area contributed by atoms with E-state index in [1.165, 1.54) is 6.07 Å². The Balaban J connectivity index is 1.96. The van der Waals surface area contributed by atoms with E-state index in [9.17, 15) is 13.2 Å². The Morgan fingerprint density at radius 3 is 2.61 bits per heavy atom. The molecule has 0 fully saturated rings. The molecule has 0 aliphatic carbocycles. The van der Waals surface area contributed by atoms with E-state index < -0.39 is 20.9 Å². The summed E-state index contributed by atoms with van der Waals surface area (Å²) in [4.78, 5) is 0. The third kappa shape index (κ3) is 5.87. The number of fused-ring (bicyclic) bond motifs is 1. The standard InChI is InChI=1S/C15H21F3N2O2Si/c1-23(2,3)7-6-21-11-20-14-5-4-13(8-12(14)9-19-20)22-10-15(16,17)18/h4-5,8-9H,6-7,10-11H2,1-3H3. The highest BCUT2D eigenvalue weighted by molar-refractivity contribution is 6.76. The Kier molecular flexibility index (Phi) is 5.36. The second-order valence-electron chi connectivity index (χ2n) is 6.62. The normalized spacial score (nSPS) is 12.8. The second kappa shape index (κ2) is 6.92. The lowest BCUT2D eigenvalue weighted by molar-refractivity contribution is -0.153. The molecule has 23 heavy (non-hydrogen) atoms. The second-order valence-corrected chi connectivity index (χ2v) is 12.2. The molecule has 0 atom stereocenters. The minimum absolute atomic E-state index is 0.175. The van der Waals surface area contributed by atoms with Crippen molar-refractivity contribution < 1.29 is 22.6 Å². The zero-order valence-corrected chi connectivity index (χ0v) is 14.5. The van der Waals surface area contributed by atoms with Gasteiger partial charge in [-0.25, -0.2) is 4.68 Å². The highest BCUT2D eigenvalue weighted by Crippen LogP contribution is 2.23. The SMILES string of the molecule is C[Si](C)(C)CCOCn1ncc2cc(OCC(F)(F)F)ccc21. The molecule has 1 aromatic carbocycles. The smallest absolute Gasteiger partial charge is 0.422 e. The molecular formula is C15H21F3N2O2Si. The summed E-state index contributed by atoms with van der Waals surface area (Å²) in [6.07, 6.45) is -2.75. The maximum atomic E-state index is 12.2. The summed E-state index contributed by atoms with van der Waals surface area (Å²) < 4.78 is 48.5. The van der Waals surface area contributed by atoms with Crippen LogP contribution < -0.4 is 4.74 Å². The van der Waals surface area contributed by atoms with Gasteiger partial charge in [0.15, 0.2) is 6.61 Å². The van der Waals surface area contributed by atoms with E-state index in [2.05, 4.69) is 24.7 Å². The number of alkyl halides is 3. The minimum atomic E-state index is -4.34. The Labute approximate surface area is 134 Å². The molecule has 0 aliphatic heterocycles. The van der Waals surface area contributed by atoms with Gasteiger partial charge in [0.25, 0.3) is 0 Å². The van der Waals surface area contributed by atoms with Crippen molar-refractivity contribution in [3.8, 4) is 5.75 Å². The van der Waals surface area contributed by atoms with Crippen LogP contribution in [0.2, 0.25) is 25.7 Å². The molecule has 8 heteroatoms. The molecule has 0 N–H and O–H groups in total. The maximum absolute atomic E-state index is 12.2. The van der Waals surface area contributed by atoms with Crippen molar-refractivity contribution in [1.29, 1.82) is 0 Å². The average Bonchev–Trinajstić information content (AvgIpc) is 2.82. The molecule has 2 aromatic rings. The van der Waals surface area contributed by atoms with Gasteiger partial charge in [0.1, 0.15) is 12.5 Å². The van der Waals surface area contributed by atoms with Crippen molar-refractivity contribution >= 4 is 19.0 Å². The van der Waals surface area contributed by atoms with Crippen LogP contribution in [0.15, 0.2) is 24.4 Å². The van der Waals surface area contributed by atoms with Crippen LogP contribution in [0, 0.1) is 0 Å². The zero-order chi connectivity index (χ0) is 17.1. The Bertz CT molecular complexity index is 650. The van der Waals surface area contributed by atoms with E-state index in [0.29, 0.717) is 13.3 Å². The molecule has 128 valence electrons. The van der Waals surface area contributed by atoms with E-state index in [-0.39, 0.29) is 5.75 Å².